The fourth-order valence-corrected chi connectivity index (χ4v) is 2.85. The number of nitrogens with zero attached hydrogens (tertiary/aromatic N) is 2. The Morgan fingerprint density at radius 1 is 1.37 bits per heavy atom. The van der Waals surface area contributed by atoms with Crippen molar-refractivity contribution in [1.29, 1.82) is 0 Å². The van der Waals surface area contributed by atoms with Crippen LogP contribution in [0.25, 0.3) is 0 Å². The molecule has 0 atom stereocenters. The smallest absolute Gasteiger partial charge is 0.435 e. The first-order chi connectivity index (χ1) is 12.8. The maximum atomic E-state index is 12.9. The maximum absolute atomic E-state index is 12.9. The van der Waals surface area contributed by atoms with Crippen molar-refractivity contribution >= 4 is 23.3 Å². The molecule has 0 aliphatic heterocycles. The lowest BCUT2D eigenvalue weighted by molar-refractivity contribution is -0.141. The molecule has 10 heteroatoms. The molecule has 1 heterocycles. The van der Waals surface area contributed by atoms with Crippen molar-refractivity contribution < 1.29 is 22.7 Å². The molecule has 6 nitrogen and oxygen atoms in total. The second-order valence-electron chi connectivity index (χ2n) is 6.18. The van der Waals surface area contributed by atoms with E-state index >= 15 is 0 Å². The van der Waals surface area contributed by atoms with Gasteiger partial charge in [0.1, 0.15) is 5.75 Å². The van der Waals surface area contributed by atoms with E-state index in [4.69, 9.17) is 16.3 Å². The first kappa shape index (κ1) is 19.3. The Kier molecular flexibility index (Phi) is 5.50. The largest absolute Gasteiger partial charge is 0.495 e. The highest BCUT2D eigenvalue weighted by Gasteiger charge is 2.37. The average molecular weight is 403 g/mol. The van der Waals surface area contributed by atoms with Crippen LogP contribution >= 0.6 is 11.6 Å². The highest BCUT2D eigenvalue weighted by Crippen LogP contribution is 2.42. The summed E-state index contributed by atoms with van der Waals surface area (Å²) in [4.78, 5) is 12.0. The molecule has 0 saturated heterocycles. The minimum absolute atomic E-state index is 0.109. The van der Waals surface area contributed by atoms with Crippen LogP contribution in [-0.2, 0) is 12.7 Å². The fourth-order valence-electron chi connectivity index (χ4n) is 2.68. The molecule has 0 bridgehead atoms. The molecule has 1 aromatic carbocycles. The summed E-state index contributed by atoms with van der Waals surface area (Å²) in [7, 11) is 1.46. The normalized spacial score (nSPS) is 14.1. The minimum Gasteiger partial charge on any atom is -0.495 e. The van der Waals surface area contributed by atoms with E-state index in [1.807, 2.05) is 0 Å². The molecule has 1 aliphatic rings. The number of carbonyl (C=O) groups is 1. The summed E-state index contributed by atoms with van der Waals surface area (Å²) in [6.45, 7) is 0.259. The zero-order valence-electron chi connectivity index (χ0n) is 14.4. The summed E-state index contributed by atoms with van der Waals surface area (Å²) in [5.41, 5.74) is 0.0400. The van der Waals surface area contributed by atoms with Crippen LogP contribution in [0, 0.1) is 0 Å². The SMILES string of the molecule is COc1ccc(Cl)cc1NC(=O)NCCn1nc(C(F)(F)F)cc1C1CC1. The fraction of sp³-hybridized carbons (Fsp3) is 0.412. The molecule has 1 aromatic heterocycles. The first-order valence-corrected chi connectivity index (χ1v) is 8.69. The Morgan fingerprint density at radius 3 is 2.74 bits per heavy atom. The average Bonchev–Trinajstić information content (AvgIpc) is 3.34. The number of halogens is 4. The van der Waals surface area contributed by atoms with E-state index in [2.05, 4.69) is 15.7 Å². The van der Waals surface area contributed by atoms with E-state index in [0.29, 0.717) is 22.2 Å². The number of methoxy groups -OCH3 is 1. The quantitative estimate of drug-likeness (QED) is 0.758. The van der Waals surface area contributed by atoms with Crippen LogP contribution in [0.3, 0.4) is 0 Å². The number of hydrogen-bond acceptors (Lipinski definition) is 3. The summed E-state index contributed by atoms with van der Waals surface area (Å²) < 4.78 is 45.1. The predicted octanol–water partition coefficient (Wildman–Crippen LogP) is 4.26. The Morgan fingerprint density at radius 2 is 2.11 bits per heavy atom. The van der Waals surface area contributed by atoms with E-state index in [1.54, 1.807) is 12.1 Å². The van der Waals surface area contributed by atoms with E-state index in [1.165, 1.54) is 17.9 Å². The molecule has 2 aromatic rings. The van der Waals surface area contributed by atoms with Gasteiger partial charge in [-0.1, -0.05) is 11.6 Å². The number of urea groups is 1. The molecule has 2 amide bonds. The molecule has 2 N–H and O–H groups in total. The van der Waals surface area contributed by atoms with E-state index < -0.39 is 17.9 Å². The molecular formula is C17H18ClF3N4O2. The van der Waals surface area contributed by atoms with Gasteiger partial charge in [0.05, 0.1) is 19.3 Å². The second kappa shape index (κ2) is 7.67. The molecule has 146 valence electrons. The number of ether oxygens (including phenoxy) is 1. The van der Waals surface area contributed by atoms with Crippen molar-refractivity contribution in [3.05, 3.63) is 40.7 Å². The molecule has 1 aliphatic carbocycles. The third kappa shape index (κ3) is 4.85. The molecule has 27 heavy (non-hydrogen) atoms. The number of alkyl halides is 3. The summed E-state index contributed by atoms with van der Waals surface area (Å²) >= 11 is 5.90. The van der Waals surface area contributed by atoms with E-state index in [-0.39, 0.29) is 19.0 Å². The standard InChI is InChI=1S/C17H18ClF3N4O2/c1-27-14-5-4-11(18)8-12(14)23-16(26)22-6-7-25-13(10-2-3-10)9-15(24-25)17(19,20)21/h4-5,8-10H,2-3,6-7H2,1H3,(H2,22,23,26). The number of hydrogen-bond donors (Lipinski definition) is 2. The van der Waals surface area contributed by atoms with Crippen LogP contribution in [0.1, 0.15) is 30.1 Å². The predicted molar refractivity (Wildman–Crippen MR) is 94.2 cm³/mol. The van der Waals surface area contributed by atoms with Crippen LogP contribution in [0.2, 0.25) is 5.02 Å². The van der Waals surface area contributed by atoms with Gasteiger partial charge in [0.25, 0.3) is 0 Å². The van der Waals surface area contributed by atoms with Crippen molar-refractivity contribution in [1.82, 2.24) is 15.1 Å². The summed E-state index contributed by atoms with van der Waals surface area (Å²) in [6.07, 6.45) is -2.78. The third-order valence-electron chi connectivity index (χ3n) is 4.12. The first-order valence-electron chi connectivity index (χ1n) is 8.31. The van der Waals surface area contributed by atoms with Gasteiger partial charge in [0.2, 0.25) is 0 Å². The van der Waals surface area contributed by atoms with Crippen molar-refractivity contribution in [2.45, 2.75) is 31.5 Å². The van der Waals surface area contributed by atoms with E-state index in [9.17, 15) is 18.0 Å². The number of aromatic nitrogens is 2. The number of anilines is 1. The molecule has 0 spiro atoms. The minimum atomic E-state index is -4.48. The Bertz CT molecular complexity index is 834. The Balaban J connectivity index is 1.59. The van der Waals surface area contributed by atoms with Crippen molar-refractivity contribution in [2.75, 3.05) is 19.0 Å². The zero-order valence-corrected chi connectivity index (χ0v) is 15.2. The number of rotatable bonds is 6. The van der Waals surface area contributed by atoms with Crippen molar-refractivity contribution in [3.63, 3.8) is 0 Å². The van der Waals surface area contributed by atoms with Gasteiger partial charge in [0, 0.05) is 23.2 Å². The number of benzene rings is 1. The molecule has 0 unspecified atom stereocenters. The van der Waals surface area contributed by atoms with Crippen LogP contribution < -0.4 is 15.4 Å². The Hall–Kier alpha value is -2.42. The van der Waals surface area contributed by atoms with E-state index in [0.717, 1.165) is 18.9 Å². The van der Waals surface area contributed by atoms with Crippen molar-refractivity contribution in [2.24, 2.45) is 0 Å². The lowest BCUT2D eigenvalue weighted by Gasteiger charge is -2.12. The lowest BCUT2D eigenvalue weighted by Crippen LogP contribution is -2.32. The van der Waals surface area contributed by atoms with Gasteiger partial charge < -0.3 is 15.4 Å². The number of carbonyl (C=O) groups excluding carboxylic acids is 1. The summed E-state index contributed by atoms with van der Waals surface area (Å²) in [6, 6.07) is 5.34. The summed E-state index contributed by atoms with van der Waals surface area (Å²) in [5.74, 6) is 0.547. The van der Waals surface area contributed by atoms with Gasteiger partial charge in [-0.2, -0.15) is 18.3 Å². The lowest BCUT2D eigenvalue weighted by atomic mass is 10.2. The monoisotopic (exact) mass is 402 g/mol. The third-order valence-corrected chi connectivity index (χ3v) is 4.35. The molecule has 1 saturated carbocycles. The highest BCUT2D eigenvalue weighted by molar-refractivity contribution is 6.31. The van der Waals surface area contributed by atoms with Gasteiger partial charge in [-0.05, 0) is 37.1 Å². The maximum Gasteiger partial charge on any atom is 0.435 e. The van der Waals surface area contributed by atoms with Crippen LogP contribution in [0.15, 0.2) is 24.3 Å². The molecule has 1 fully saturated rings. The molecule has 3 rings (SSSR count). The zero-order chi connectivity index (χ0) is 19.6. The van der Waals surface area contributed by atoms with Gasteiger partial charge in [-0.15, -0.1) is 0 Å². The number of amides is 2. The van der Waals surface area contributed by atoms with Gasteiger partial charge in [0.15, 0.2) is 5.69 Å². The molecular weight excluding hydrogens is 385 g/mol. The second-order valence-corrected chi connectivity index (χ2v) is 6.61. The summed E-state index contributed by atoms with van der Waals surface area (Å²) in [5, 5.41) is 9.27. The Labute approximate surface area is 158 Å². The van der Waals surface area contributed by atoms with Crippen LogP contribution in [-0.4, -0.2) is 29.5 Å². The van der Waals surface area contributed by atoms with Gasteiger partial charge in [-0.3, -0.25) is 4.68 Å². The molecule has 0 radical (unpaired) electrons. The number of nitrogens with one attached hydrogen (secondary N) is 2. The van der Waals surface area contributed by atoms with Gasteiger partial charge in [-0.25, -0.2) is 4.79 Å². The van der Waals surface area contributed by atoms with Crippen molar-refractivity contribution in [3.8, 4) is 5.75 Å². The van der Waals surface area contributed by atoms with Crippen LogP contribution in [0.4, 0.5) is 23.7 Å². The van der Waals surface area contributed by atoms with Gasteiger partial charge >= 0.3 is 12.2 Å². The topological polar surface area (TPSA) is 68.2 Å². The highest BCUT2D eigenvalue weighted by atomic mass is 35.5. The van der Waals surface area contributed by atoms with Crippen LogP contribution in [0.5, 0.6) is 5.75 Å².